The standard InChI is InChI=1S/C18H19Cl2N3O2/c1-2-9-21-18(25)12-3-5-13(6-4-12)23-17(24)11-22-14-7-8-15(19)16(20)10-14/h3-8,10,22H,2,9,11H2,1H3,(H,21,25)(H,23,24). The van der Waals surface area contributed by atoms with Crippen molar-refractivity contribution in [2.24, 2.45) is 0 Å². The van der Waals surface area contributed by atoms with E-state index in [0.717, 1.165) is 6.42 Å². The molecule has 2 amide bonds. The van der Waals surface area contributed by atoms with Gasteiger partial charge in [-0.15, -0.1) is 0 Å². The number of halogens is 2. The number of carbonyl (C=O) groups excluding carboxylic acids is 2. The largest absolute Gasteiger partial charge is 0.376 e. The summed E-state index contributed by atoms with van der Waals surface area (Å²) in [4.78, 5) is 23.8. The van der Waals surface area contributed by atoms with E-state index in [0.29, 0.717) is 33.5 Å². The Bertz CT molecular complexity index is 748. The molecule has 0 saturated heterocycles. The van der Waals surface area contributed by atoms with Gasteiger partial charge >= 0.3 is 0 Å². The van der Waals surface area contributed by atoms with E-state index in [-0.39, 0.29) is 18.4 Å². The van der Waals surface area contributed by atoms with E-state index >= 15 is 0 Å². The smallest absolute Gasteiger partial charge is 0.251 e. The minimum atomic E-state index is -0.214. The first-order valence-electron chi connectivity index (χ1n) is 7.86. The fourth-order valence-electron chi connectivity index (χ4n) is 2.04. The maximum atomic E-state index is 12.0. The summed E-state index contributed by atoms with van der Waals surface area (Å²) in [5.41, 5.74) is 1.88. The molecule has 0 atom stereocenters. The van der Waals surface area contributed by atoms with Gasteiger partial charge in [0.1, 0.15) is 0 Å². The van der Waals surface area contributed by atoms with E-state index in [9.17, 15) is 9.59 Å². The van der Waals surface area contributed by atoms with Crippen molar-refractivity contribution < 1.29 is 9.59 Å². The van der Waals surface area contributed by atoms with Crippen LogP contribution >= 0.6 is 23.2 Å². The third-order valence-corrected chi connectivity index (χ3v) is 4.08. The Kier molecular flexibility index (Phi) is 7.10. The monoisotopic (exact) mass is 379 g/mol. The summed E-state index contributed by atoms with van der Waals surface area (Å²) in [5, 5.41) is 9.40. The molecule has 0 spiro atoms. The van der Waals surface area contributed by atoms with Crippen molar-refractivity contribution in [3.05, 3.63) is 58.1 Å². The second-order valence-corrected chi connectivity index (χ2v) is 6.18. The first-order valence-corrected chi connectivity index (χ1v) is 8.62. The van der Waals surface area contributed by atoms with Crippen LogP contribution in [0, 0.1) is 0 Å². The van der Waals surface area contributed by atoms with Gasteiger partial charge in [-0.25, -0.2) is 0 Å². The molecule has 0 aliphatic heterocycles. The highest BCUT2D eigenvalue weighted by atomic mass is 35.5. The van der Waals surface area contributed by atoms with Crippen LogP contribution in [0.2, 0.25) is 10.0 Å². The molecule has 0 heterocycles. The average molecular weight is 380 g/mol. The lowest BCUT2D eigenvalue weighted by Gasteiger charge is -2.09. The lowest BCUT2D eigenvalue weighted by Crippen LogP contribution is -2.24. The molecule has 5 nitrogen and oxygen atoms in total. The van der Waals surface area contributed by atoms with Gasteiger partial charge in [-0.3, -0.25) is 9.59 Å². The molecule has 0 aliphatic rings. The second kappa shape index (κ2) is 9.30. The maximum absolute atomic E-state index is 12.0. The van der Waals surface area contributed by atoms with Crippen LogP contribution in [-0.4, -0.2) is 24.9 Å². The fourth-order valence-corrected chi connectivity index (χ4v) is 2.34. The zero-order chi connectivity index (χ0) is 18.2. The summed E-state index contributed by atoms with van der Waals surface area (Å²) in [6, 6.07) is 11.8. The molecule has 2 aromatic rings. The number of carbonyl (C=O) groups is 2. The molecule has 25 heavy (non-hydrogen) atoms. The lowest BCUT2D eigenvalue weighted by atomic mass is 10.2. The summed E-state index contributed by atoms with van der Waals surface area (Å²) in [6.45, 7) is 2.71. The van der Waals surface area contributed by atoms with Crippen LogP contribution in [0.4, 0.5) is 11.4 Å². The number of hydrogen-bond acceptors (Lipinski definition) is 3. The molecular weight excluding hydrogens is 361 g/mol. The molecular formula is C18H19Cl2N3O2. The van der Waals surface area contributed by atoms with E-state index < -0.39 is 0 Å². The predicted octanol–water partition coefficient (Wildman–Crippen LogP) is 4.18. The minimum Gasteiger partial charge on any atom is -0.376 e. The zero-order valence-electron chi connectivity index (χ0n) is 13.7. The van der Waals surface area contributed by atoms with Gasteiger partial charge < -0.3 is 16.0 Å². The third-order valence-electron chi connectivity index (χ3n) is 3.34. The average Bonchev–Trinajstić information content (AvgIpc) is 2.61. The Balaban J connectivity index is 1.85. The van der Waals surface area contributed by atoms with Crippen molar-refractivity contribution >= 4 is 46.4 Å². The van der Waals surface area contributed by atoms with E-state index in [2.05, 4.69) is 16.0 Å². The number of amides is 2. The van der Waals surface area contributed by atoms with Gasteiger partial charge in [0.25, 0.3) is 5.91 Å². The summed E-state index contributed by atoms with van der Waals surface area (Å²) < 4.78 is 0. The molecule has 132 valence electrons. The Morgan fingerprint density at radius 1 is 0.960 bits per heavy atom. The Hall–Kier alpha value is -2.24. The Morgan fingerprint density at radius 3 is 2.28 bits per heavy atom. The van der Waals surface area contributed by atoms with Gasteiger partial charge in [0.2, 0.25) is 5.91 Å². The normalized spacial score (nSPS) is 10.2. The number of nitrogens with one attached hydrogen (secondary N) is 3. The van der Waals surface area contributed by atoms with Crippen molar-refractivity contribution in [2.75, 3.05) is 23.7 Å². The second-order valence-electron chi connectivity index (χ2n) is 5.36. The van der Waals surface area contributed by atoms with Gasteiger partial charge in [0, 0.05) is 23.5 Å². The molecule has 7 heteroatoms. The van der Waals surface area contributed by atoms with Crippen molar-refractivity contribution in [2.45, 2.75) is 13.3 Å². The van der Waals surface area contributed by atoms with Gasteiger partial charge in [-0.1, -0.05) is 30.1 Å². The van der Waals surface area contributed by atoms with Crippen molar-refractivity contribution in [1.29, 1.82) is 0 Å². The first-order chi connectivity index (χ1) is 12.0. The van der Waals surface area contributed by atoms with Crippen LogP contribution < -0.4 is 16.0 Å². The van der Waals surface area contributed by atoms with E-state index in [1.807, 2.05) is 6.92 Å². The summed E-state index contributed by atoms with van der Waals surface area (Å²) in [6.07, 6.45) is 0.881. The Morgan fingerprint density at radius 2 is 1.64 bits per heavy atom. The summed E-state index contributed by atoms with van der Waals surface area (Å²) >= 11 is 11.8. The molecule has 2 aromatic carbocycles. The van der Waals surface area contributed by atoms with E-state index in [1.165, 1.54) is 0 Å². The van der Waals surface area contributed by atoms with Crippen LogP contribution in [0.5, 0.6) is 0 Å². The highest BCUT2D eigenvalue weighted by Gasteiger charge is 2.07. The van der Waals surface area contributed by atoms with Crippen LogP contribution in [0.15, 0.2) is 42.5 Å². The topological polar surface area (TPSA) is 70.2 Å². The number of anilines is 2. The molecule has 0 bridgehead atoms. The highest BCUT2D eigenvalue weighted by Crippen LogP contribution is 2.24. The number of rotatable bonds is 7. The fraction of sp³-hybridized carbons (Fsp3) is 0.222. The molecule has 0 aromatic heterocycles. The number of benzene rings is 2. The van der Waals surface area contributed by atoms with Crippen molar-refractivity contribution in [3.63, 3.8) is 0 Å². The Labute approximate surface area is 156 Å². The van der Waals surface area contributed by atoms with Gasteiger partial charge in [-0.2, -0.15) is 0 Å². The number of hydrogen-bond donors (Lipinski definition) is 3. The molecule has 3 N–H and O–H groups in total. The van der Waals surface area contributed by atoms with Gasteiger partial charge in [-0.05, 0) is 48.9 Å². The molecule has 0 saturated carbocycles. The molecule has 2 rings (SSSR count). The molecule has 0 fully saturated rings. The highest BCUT2D eigenvalue weighted by molar-refractivity contribution is 6.42. The van der Waals surface area contributed by atoms with Crippen LogP contribution in [-0.2, 0) is 4.79 Å². The van der Waals surface area contributed by atoms with Crippen LogP contribution in [0.25, 0.3) is 0 Å². The zero-order valence-corrected chi connectivity index (χ0v) is 15.2. The maximum Gasteiger partial charge on any atom is 0.251 e. The van der Waals surface area contributed by atoms with Crippen molar-refractivity contribution in [1.82, 2.24) is 5.32 Å². The summed E-state index contributed by atoms with van der Waals surface area (Å²) in [7, 11) is 0. The minimum absolute atomic E-state index is 0.0801. The van der Waals surface area contributed by atoms with Gasteiger partial charge in [0.05, 0.1) is 16.6 Å². The molecule has 0 radical (unpaired) electrons. The SMILES string of the molecule is CCCNC(=O)c1ccc(NC(=O)CNc2ccc(Cl)c(Cl)c2)cc1. The van der Waals surface area contributed by atoms with E-state index in [4.69, 9.17) is 23.2 Å². The first kappa shape index (κ1) is 19.1. The van der Waals surface area contributed by atoms with Crippen LogP contribution in [0.3, 0.4) is 0 Å². The predicted molar refractivity (Wildman–Crippen MR) is 103 cm³/mol. The van der Waals surface area contributed by atoms with E-state index in [1.54, 1.807) is 42.5 Å². The summed E-state index contributed by atoms with van der Waals surface area (Å²) in [5.74, 6) is -0.338. The molecule has 0 aliphatic carbocycles. The lowest BCUT2D eigenvalue weighted by molar-refractivity contribution is -0.114. The van der Waals surface area contributed by atoms with Crippen LogP contribution in [0.1, 0.15) is 23.7 Å². The molecule has 0 unspecified atom stereocenters. The quantitative estimate of drug-likeness (QED) is 0.675. The van der Waals surface area contributed by atoms with Crippen molar-refractivity contribution in [3.8, 4) is 0 Å². The third kappa shape index (κ3) is 5.96. The van der Waals surface area contributed by atoms with Gasteiger partial charge in [0.15, 0.2) is 0 Å².